The van der Waals surface area contributed by atoms with E-state index >= 15 is 0 Å². The van der Waals surface area contributed by atoms with Gasteiger partial charge in [0.1, 0.15) is 0 Å². The Morgan fingerprint density at radius 3 is 1.74 bits per heavy atom. The lowest BCUT2D eigenvalue weighted by atomic mass is 9.72. The van der Waals surface area contributed by atoms with E-state index in [0.29, 0.717) is 0 Å². The summed E-state index contributed by atoms with van der Waals surface area (Å²) >= 11 is 0. The molecule has 0 aliphatic heterocycles. The van der Waals surface area contributed by atoms with Crippen LogP contribution in [0, 0.1) is 11.8 Å². The lowest BCUT2D eigenvalue weighted by molar-refractivity contribution is 0.167. The standard InChI is InChI=1S/C18H32O/c1-3-19-14-15(2)18(16-10-6-4-7-11-16)17-12-8-5-9-13-17/h16-17H,3-14H2,1-2H3. The Labute approximate surface area is 119 Å². The highest BCUT2D eigenvalue weighted by Gasteiger charge is 2.27. The lowest BCUT2D eigenvalue weighted by Gasteiger charge is -2.34. The van der Waals surface area contributed by atoms with E-state index in [2.05, 4.69) is 13.8 Å². The van der Waals surface area contributed by atoms with E-state index in [9.17, 15) is 0 Å². The summed E-state index contributed by atoms with van der Waals surface area (Å²) in [5.41, 5.74) is 3.40. The number of ether oxygens (including phenoxy) is 1. The Balaban J connectivity index is 2.10. The number of hydrogen-bond donors (Lipinski definition) is 0. The second-order valence-corrected chi connectivity index (χ2v) is 6.54. The Morgan fingerprint density at radius 1 is 0.842 bits per heavy atom. The number of rotatable bonds is 5. The fourth-order valence-electron chi connectivity index (χ4n) is 4.20. The first kappa shape index (κ1) is 15.1. The highest BCUT2D eigenvalue weighted by molar-refractivity contribution is 5.20. The van der Waals surface area contributed by atoms with Crippen LogP contribution in [0.25, 0.3) is 0 Å². The normalized spacial score (nSPS) is 22.4. The van der Waals surface area contributed by atoms with Crippen molar-refractivity contribution in [3.63, 3.8) is 0 Å². The minimum absolute atomic E-state index is 0.847. The summed E-state index contributed by atoms with van der Waals surface area (Å²) in [5, 5.41) is 0. The largest absolute Gasteiger partial charge is 0.377 e. The van der Waals surface area contributed by atoms with E-state index in [1.54, 1.807) is 5.57 Å². The van der Waals surface area contributed by atoms with Gasteiger partial charge in [-0.25, -0.2) is 0 Å². The molecule has 0 aromatic heterocycles. The molecule has 0 aromatic rings. The van der Waals surface area contributed by atoms with Crippen LogP contribution in [0.3, 0.4) is 0 Å². The van der Waals surface area contributed by atoms with E-state index in [-0.39, 0.29) is 0 Å². The average molecular weight is 264 g/mol. The molecule has 0 atom stereocenters. The summed E-state index contributed by atoms with van der Waals surface area (Å²) in [6.07, 6.45) is 14.5. The van der Waals surface area contributed by atoms with Crippen molar-refractivity contribution < 1.29 is 4.74 Å². The van der Waals surface area contributed by atoms with Gasteiger partial charge in [-0.3, -0.25) is 0 Å². The van der Waals surface area contributed by atoms with Gasteiger partial charge in [-0.15, -0.1) is 0 Å². The smallest absolute Gasteiger partial charge is 0.0676 e. The van der Waals surface area contributed by atoms with Gasteiger partial charge in [0, 0.05) is 6.61 Å². The van der Waals surface area contributed by atoms with E-state index in [1.807, 2.05) is 5.57 Å². The summed E-state index contributed by atoms with van der Waals surface area (Å²) in [5.74, 6) is 1.77. The van der Waals surface area contributed by atoms with Gasteiger partial charge in [-0.1, -0.05) is 44.1 Å². The van der Waals surface area contributed by atoms with Gasteiger partial charge in [0.25, 0.3) is 0 Å². The predicted molar refractivity (Wildman–Crippen MR) is 82.3 cm³/mol. The monoisotopic (exact) mass is 264 g/mol. The molecule has 0 heterocycles. The van der Waals surface area contributed by atoms with Crippen molar-refractivity contribution in [1.82, 2.24) is 0 Å². The average Bonchev–Trinajstić information content (AvgIpc) is 2.47. The molecule has 0 unspecified atom stereocenters. The van der Waals surface area contributed by atoms with Crippen LogP contribution in [0.1, 0.15) is 78.1 Å². The van der Waals surface area contributed by atoms with Crippen molar-refractivity contribution in [1.29, 1.82) is 0 Å². The summed E-state index contributed by atoms with van der Waals surface area (Å²) in [6, 6.07) is 0. The highest BCUT2D eigenvalue weighted by Crippen LogP contribution is 2.41. The molecule has 0 bridgehead atoms. The van der Waals surface area contributed by atoms with Gasteiger partial charge < -0.3 is 4.74 Å². The van der Waals surface area contributed by atoms with E-state index in [0.717, 1.165) is 25.0 Å². The third kappa shape index (κ3) is 4.34. The van der Waals surface area contributed by atoms with Crippen LogP contribution < -0.4 is 0 Å². The Hall–Kier alpha value is -0.300. The van der Waals surface area contributed by atoms with Crippen molar-refractivity contribution in [2.45, 2.75) is 78.1 Å². The molecular formula is C18H32O. The summed E-state index contributed by atoms with van der Waals surface area (Å²) in [7, 11) is 0. The minimum Gasteiger partial charge on any atom is -0.377 e. The quantitative estimate of drug-likeness (QED) is 0.596. The number of allylic oxidation sites excluding steroid dienone is 1. The SMILES string of the molecule is CCOCC(C)=C(C1CCCCC1)C1CCCCC1. The summed E-state index contributed by atoms with van der Waals surface area (Å²) in [4.78, 5) is 0. The van der Waals surface area contributed by atoms with Gasteiger partial charge in [0.15, 0.2) is 0 Å². The molecule has 0 aromatic carbocycles. The molecule has 2 saturated carbocycles. The number of hydrogen-bond acceptors (Lipinski definition) is 1. The molecule has 2 aliphatic carbocycles. The second kappa shape index (κ2) is 8.09. The molecule has 0 radical (unpaired) electrons. The molecule has 2 rings (SSSR count). The maximum Gasteiger partial charge on any atom is 0.0676 e. The molecule has 0 N–H and O–H groups in total. The molecule has 2 fully saturated rings. The molecule has 1 heteroatoms. The summed E-state index contributed by atoms with van der Waals surface area (Å²) in [6.45, 7) is 6.17. The topological polar surface area (TPSA) is 9.23 Å². The van der Waals surface area contributed by atoms with Crippen LogP contribution >= 0.6 is 0 Å². The molecule has 110 valence electrons. The molecular weight excluding hydrogens is 232 g/mol. The highest BCUT2D eigenvalue weighted by atomic mass is 16.5. The fourth-order valence-corrected chi connectivity index (χ4v) is 4.20. The van der Waals surface area contributed by atoms with Crippen molar-refractivity contribution in [2.75, 3.05) is 13.2 Å². The van der Waals surface area contributed by atoms with Gasteiger partial charge >= 0.3 is 0 Å². The Kier molecular flexibility index (Phi) is 6.43. The Morgan fingerprint density at radius 2 is 1.32 bits per heavy atom. The Bertz CT molecular complexity index is 260. The zero-order valence-corrected chi connectivity index (χ0v) is 13.0. The lowest BCUT2D eigenvalue weighted by Crippen LogP contribution is -2.21. The molecule has 1 nitrogen and oxygen atoms in total. The van der Waals surface area contributed by atoms with Gasteiger partial charge in [-0.2, -0.15) is 0 Å². The van der Waals surface area contributed by atoms with E-state index in [4.69, 9.17) is 4.74 Å². The van der Waals surface area contributed by atoms with Crippen LogP contribution in [0.5, 0.6) is 0 Å². The second-order valence-electron chi connectivity index (χ2n) is 6.54. The molecule has 0 spiro atoms. The summed E-state index contributed by atoms with van der Waals surface area (Å²) < 4.78 is 5.70. The molecule has 0 saturated heterocycles. The van der Waals surface area contributed by atoms with Crippen molar-refractivity contribution >= 4 is 0 Å². The van der Waals surface area contributed by atoms with Gasteiger partial charge in [0.2, 0.25) is 0 Å². The first-order valence-electron chi connectivity index (χ1n) is 8.60. The first-order valence-corrected chi connectivity index (χ1v) is 8.60. The molecule has 2 aliphatic rings. The van der Waals surface area contributed by atoms with E-state index in [1.165, 1.54) is 64.2 Å². The van der Waals surface area contributed by atoms with Crippen LogP contribution in [0.15, 0.2) is 11.1 Å². The maximum atomic E-state index is 5.70. The minimum atomic E-state index is 0.847. The van der Waals surface area contributed by atoms with Crippen LogP contribution in [-0.4, -0.2) is 13.2 Å². The van der Waals surface area contributed by atoms with E-state index < -0.39 is 0 Å². The van der Waals surface area contributed by atoms with Crippen LogP contribution in [0.4, 0.5) is 0 Å². The molecule has 19 heavy (non-hydrogen) atoms. The van der Waals surface area contributed by atoms with Gasteiger partial charge in [-0.05, 0) is 56.9 Å². The third-order valence-corrected chi connectivity index (χ3v) is 5.11. The predicted octanol–water partition coefficient (Wildman–Crippen LogP) is 5.50. The van der Waals surface area contributed by atoms with Crippen molar-refractivity contribution in [3.05, 3.63) is 11.1 Å². The van der Waals surface area contributed by atoms with Crippen molar-refractivity contribution in [3.8, 4) is 0 Å². The zero-order valence-electron chi connectivity index (χ0n) is 13.0. The first-order chi connectivity index (χ1) is 9.33. The zero-order chi connectivity index (χ0) is 13.5. The third-order valence-electron chi connectivity index (χ3n) is 5.11. The van der Waals surface area contributed by atoms with Crippen molar-refractivity contribution in [2.24, 2.45) is 11.8 Å². The fraction of sp³-hybridized carbons (Fsp3) is 0.889. The molecule has 0 amide bonds. The van der Waals surface area contributed by atoms with Gasteiger partial charge in [0.05, 0.1) is 6.61 Å². The maximum absolute atomic E-state index is 5.70. The van der Waals surface area contributed by atoms with Crippen LogP contribution in [-0.2, 0) is 4.74 Å². The van der Waals surface area contributed by atoms with Crippen LogP contribution in [0.2, 0.25) is 0 Å².